The molecule has 3 atom stereocenters. The van der Waals surface area contributed by atoms with E-state index in [1.807, 2.05) is 0 Å². The van der Waals surface area contributed by atoms with Crippen LogP contribution < -0.4 is 11.1 Å². The molecule has 13 heteroatoms. The van der Waals surface area contributed by atoms with Gasteiger partial charge in [-0.3, -0.25) is 9.59 Å². The third-order valence-electron chi connectivity index (χ3n) is 6.65. The maximum atomic E-state index is 15.1. The van der Waals surface area contributed by atoms with Crippen molar-refractivity contribution in [1.29, 1.82) is 0 Å². The van der Waals surface area contributed by atoms with Crippen molar-refractivity contribution < 1.29 is 27.2 Å². The largest absolute Gasteiger partial charge is 0.378 e. The summed E-state index contributed by atoms with van der Waals surface area (Å²) in [5.41, 5.74) is 4.49. The number of hydrogen-bond donors (Lipinski definition) is 2. The number of fused-ring (bicyclic) bond motifs is 1. The van der Waals surface area contributed by atoms with E-state index in [2.05, 4.69) is 15.3 Å². The summed E-state index contributed by atoms with van der Waals surface area (Å²) in [6.45, 7) is -2.41. The second-order valence-corrected chi connectivity index (χ2v) is 11.0. The van der Waals surface area contributed by atoms with Crippen LogP contribution in [-0.4, -0.2) is 57.3 Å². The molecule has 1 saturated heterocycles. The molecule has 1 aliphatic carbocycles. The fourth-order valence-electron chi connectivity index (χ4n) is 4.72. The number of carbonyl (C=O) groups excluding carboxylic acids is 2. The van der Waals surface area contributed by atoms with Crippen LogP contribution in [0.25, 0.3) is 0 Å². The van der Waals surface area contributed by atoms with E-state index >= 15 is 4.39 Å². The monoisotopic (exact) mass is 553 g/mol. The van der Waals surface area contributed by atoms with E-state index in [0.29, 0.717) is 11.4 Å². The lowest BCUT2D eigenvalue weighted by Gasteiger charge is -2.38. The van der Waals surface area contributed by atoms with Gasteiger partial charge in [-0.05, 0) is 36.8 Å². The number of alkyl halides is 3. The third kappa shape index (κ3) is 4.68. The molecule has 2 aliphatic heterocycles. The number of likely N-dealkylation sites (tertiary alicyclic amines) is 1. The number of anilines is 1. The average Bonchev–Trinajstić information content (AvgIpc) is 3.57. The minimum Gasteiger partial charge on any atom is -0.378 e. The van der Waals surface area contributed by atoms with E-state index < -0.39 is 59.5 Å². The number of carbonyl (C=O) groups is 2. The molecule has 0 radical (unpaired) electrons. The quantitative estimate of drug-likeness (QED) is 0.413. The van der Waals surface area contributed by atoms with Crippen LogP contribution in [0.4, 0.5) is 23.2 Å². The Morgan fingerprint density at radius 2 is 2.03 bits per heavy atom. The maximum Gasteiger partial charge on any atom is 0.282 e. The first-order valence-electron chi connectivity index (χ1n) is 11.2. The van der Waals surface area contributed by atoms with Crippen molar-refractivity contribution in [3.63, 3.8) is 0 Å². The highest BCUT2D eigenvalue weighted by atomic mass is 35.5. The van der Waals surface area contributed by atoms with Gasteiger partial charge in [0.1, 0.15) is 23.7 Å². The van der Waals surface area contributed by atoms with Gasteiger partial charge in [-0.2, -0.15) is 0 Å². The van der Waals surface area contributed by atoms with Crippen molar-refractivity contribution in [2.45, 2.75) is 22.6 Å². The number of pyridine rings is 1. The molecule has 194 valence electrons. The summed E-state index contributed by atoms with van der Waals surface area (Å²) < 4.78 is 55.2. The zero-order chi connectivity index (χ0) is 26.6. The van der Waals surface area contributed by atoms with E-state index in [9.17, 15) is 22.8 Å². The SMILES string of the molecule is NC1=N[C@](CF)(c2cc(NC(=O)c3ccc(Cl)cn3)ccc2F)[C@@H]2C[C@]2(C=CC(=O)N2CC(F)(F)C2)S1. The lowest BCUT2D eigenvalue weighted by Crippen LogP contribution is -2.58. The Bertz CT molecular complexity index is 1330. The predicted octanol–water partition coefficient (Wildman–Crippen LogP) is 4.15. The Kier molecular flexibility index (Phi) is 6.22. The van der Waals surface area contributed by atoms with Crippen LogP contribution in [-0.2, 0) is 10.3 Å². The number of thioether (sulfide) groups is 1. The lowest BCUT2D eigenvalue weighted by atomic mass is 9.84. The normalized spacial score (nSPS) is 27.8. The molecule has 1 aromatic carbocycles. The highest BCUT2D eigenvalue weighted by Gasteiger charge is 2.67. The summed E-state index contributed by atoms with van der Waals surface area (Å²) in [6, 6.07) is 6.63. The van der Waals surface area contributed by atoms with Crippen molar-refractivity contribution in [2.75, 3.05) is 25.1 Å². The fourth-order valence-corrected chi connectivity index (χ4v) is 6.16. The molecule has 0 unspecified atom stereocenters. The van der Waals surface area contributed by atoms with Crippen LogP contribution >= 0.6 is 23.4 Å². The van der Waals surface area contributed by atoms with Gasteiger partial charge in [-0.15, -0.1) is 0 Å². The van der Waals surface area contributed by atoms with Gasteiger partial charge in [0.15, 0.2) is 5.17 Å². The van der Waals surface area contributed by atoms with E-state index in [1.54, 1.807) is 0 Å². The van der Waals surface area contributed by atoms with Crippen LogP contribution in [0.15, 0.2) is 53.7 Å². The van der Waals surface area contributed by atoms with Gasteiger partial charge < -0.3 is 16.0 Å². The number of hydrogen-bond acceptors (Lipinski definition) is 6. The molecule has 3 N–H and O–H groups in total. The number of nitrogens with zero attached hydrogens (tertiary/aromatic N) is 3. The first-order chi connectivity index (χ1) is 17.5. The minimum absolute atomic E-state index is 0.00168. The Morgan fingerprint density at radius 3 is 2.68 bits per heavy atom. The summed E-state index contributed by atoms with van der Waals surface area (Å²) in [5, 5.41) is 2.95. The molecule has 0 bridgehead atoms. The summed E-state index contributed by atoms with van der Waals surface area (Å²) in [4.78, 5) is 34.1. The second-order valence-electron chi connectivity index (χ2n) is 9.22. The van der Waals surface area contributed by atoms with Gasteiger partial charge in [-0.1, -0.05) is 29.4 Å². The fraction of sp³-hybridized carbons (Fsp3) is 0.333. The molecule has 2 amide bonds. The Labute approximate surface area is 218 Å². The lowest BCUT2D eigenvalue weighted by molar-refractivity contribution is -0.160. The van der Waals surface area contributed by atoms with E-state index in [-0.39, 0.29) is 22.1 Å². The topological polar surface area (TPSA) is 101 Å². The highest BCUT2D eigenvalue weighted by Crippen LogP contribution is 2.67. The van der Waals surface area contributed by atoms with Crippen LogP contribution in [0.1, 0.15) is 22.5 Å². The molecular weight excluding hydrogens is 534 g/mol. The summed E-state index contributed by atoms with van der Waals surface area (Å²) in [6.07, 6.45) is 4.33. The van der Waals surface area contributed by atoms with Crippen LogP contribution in [0.2, 0.25) is 5.02 Å². The van der Waals surface area contributed by atoms with Gasteiger partial charge in [0.25, 0.3) is 11.8 Å². The number of halogens is 5. The van der Waals surface area contributed by atoms with Crippen LogP contribution in [0.5, 0.6) is 0 Å². The molecule has 3 heterocycles. The Morgan fingerprint density at radius 1 is 1.27 bits per heavy atom. The average molecular weight is 554 g/mol. The van der Waals surface area contributed by atoms with Crippen molar-refractivity contribution in [2.24, 2.45) is 16.6 Å². The number of rotatable bonds is 6. The first-order valence-corrected chi connectivity index (χ1v) is 12.4. The standard InChI is InChI=1S/C24H20ClF4N5O2S/c25-13-1-4-17(31-9-13)20(36)32-14-2-3-16(27)15(7-14)24(10-26)18-8-22(18,37-21(30)33-24)6-5-19(35)34-11-23(28,29)12-34/h1-7,9,18H,8,10-12H2,(H2,30,33)(H,32,36)/t18-,22+,24-/m1/s1. The first kappa shape index (κ1) is 25.5. The molecule has 1 saturated carbocycles. The molecule has 2 aromatic rings. The van der Waals surface area contributed by atoms with Gasteiger partial charge >= 0.3 is 0 Å². The predicted molar refractivity (Wildman–Crippen MR) is 132 cm³/mol. The summed E-state index contributed by atoms with van der Waals surface area (Å²) in [5.74, 6) is -5.38. The summed E-state index contributed by atoms with van der Waals surface area (Å²) in [7, 11) is 0. The number of aliphatic imine (C=N–C) groups is 1. The number of benzene rings is 1. The van der Waals surface area contributed by atoms with Gasteiger partial charge in [0.05, 0.1) is 18.1 Å². The molecule has 7 nitrogen and oxygen atoms in total. The zero-order valence-electron chi connectivity index (χ0n) is 19.1. The molecular formula is C24H20ClF4N5O2S. The van der Waals surface area contributed by atoms with Gasteiger partial charge in [0, 0.05) is 34.2 Å². The molecule has 0 spiro atoms. The minimum atomic E-state index is -2.90. The number of amidine groups is 1. The third-order valence-corrected chi connectivity index (χ3v) is 8.14. The zero-order valence-corrected chi connectivity index (χ0v) is 20.6. The van der Waals surface area contributed by atoms with E-state index in [4.69, 9.17) is 17.3 Å². The molecule has 2 fully saturated rings. The van der Waals surface area contributed by atoms with Crippen LogP contribution in [0, 0.1) is 11.7 Å². The molecule has 37 heavy (non-hydrogen) atoms. The molecule has 3 aliphatic rings. The van der Waals surface area contributed by atoms with Gasteiger partial charge in [-0.25, -0.2) is 27.5 Å². The van der Waals surface area contributed by atoms with Crippen molar-refractivity contribution in [3.05, 3.63) is 70.8 Å². The van der Waals surface area contributed by atoms with Crippen molar-refractivity contribution >= 4 is 46.0 Å². The molecule has 1 aromatic heterocycles. The number of nitrogens with one attached hydrogen (secondary N) is 1. The number of amides is 2. The van der Waals surface area contributed by atoms with Crippen molar-refractivity contribution in [3.8, 4) is 0 Å². The molecule has 5 rings (SSSR count). The van der Waals surface area contributed by atoms with Crippen molar-refractivity contribution in [1.82, 2.24) is 9.88 Å². The summed E-state index contributed by atoms with van der Waals surface area (Å²) >= 11 is 6.92. The van der Waals surface area contributed by atoms with Crippen LogP contribution in [0.3, 0.4) is 0 Å². The maximum absolute atomic E-state index is 15.1. The smallest absolute Gasteiger partial charge is 0.282 e. The van der Waals surface area contributed by atoms with E-state index in [0.717, 1.165) is 22.7 Å². The van der Waals surface area contributed by atoms with Gasteiger partial charge in [0.2, 0.25) is 5.91 Å². The number of nitrogens with two attached hydrogens (primary N) is 1. The number of aromatic nitrogens is 1. The highest BCUT2D eigenvalue weighted by molar-refractivity contribution is 8.15. The Hall–Kier alpha value is -3.12. The van der Waals surface area contributed by atoms with E-state index in [1.165, 1.54) is 42.6 Å². The second kappa shape index (κ2) is 9.02. The Balaban J connectivity index is 1.41.